The van der Waals surface area contributed by atoms with Crippen LogP contribution in [0.1, 0.15) is 6.92 Å². The number of alkyl halides is 6. The van der Waals surface area contributed by atoms with Gasteiger partial charge in [-0.15, -0.1) is 0 Å². The third-order valence-electron chi connectivity index (χ3n) is 1.27. The molecule has 1 N–H and O–H groups in total. The number of rotatable bonds is 1. The summed E-state index contributed by atoms with van der Waals surface area (Å²) in [6.45, 7) is 0.947. The Morgan fingerprint density at radius 1 is 0.923 bits per heavy atom. The Hall–Kier alpha value is -0.720. The molecule has 0 heterocycles. The van der Waals surface area contributed by atoms with Crippen LogP contribution in [0.4, 0.5) is 26.3 Å². The molecule has 0 saturated heterocycles. The molecule has 13 heavy (non-hydrogen) atoms. The van der Waals surface area contributed by atoms with Gasteiger partial charge in [-0.2, -0.15) is 26.3 Å². The van der Waals surface area contributed by atoms with E-state index in [-0.39, 0.29) is 6.08 Å². The van der Waals surface area contributed by atoms with Crippen LogP contribution in [-0.4, -0.2) is 23.1 Å². The molecule has 0 rings (SSSR count). The first kappa shape index (κ1) is 12.3. The van der Waals surface area contributed by atoms with Crippen LogP contribution < -0.4 is 0 Å². The van der Waals surface area contributed by atoms with Gasteiger partial charge in [-0.05, 0) is 13.0 Å². The Morgan fingerprint density at radius 2 is 1.23 bits per heavy atom. The van der Waals surface area contributed by atoms with Crippen LogP contribution in [-0.2, 0) is 0 Å². The van der Waals surface area contributed by atoms with E-state index in [4.69, 9.17) is 5.11 Å². The Morgan fingerprint density at radius 3 is 1.31 bits per heavy atom. The molecule has 7 heteroatoms. The zero-order valence-electron chi connectivity index (χ0n) is 6.37. The highest BCUT2D eigenvalue weighted by atomic mass is 19.4. The van der Waals surface area contributed by atoms with E-state index < -0.39 is 18.0 Å². The zero-order valence-corrected chi connectivity index (χ0v) is 6.37. The molecule has 0 saturated carbocycles. The molecule has 0 aliphatic carbocycles. The fraction of sp³-hybridized carbons (Fsp3) is 0.667. The van der Waals surface area contributed by atoms with E-state index in [1.54, 1.807) is 0 Å². The average Bonchev–Trinajstić information content (AvgIpc) is 1.82. The molecule has 0 amide bonds. The van der Waals surface area contributed by atoms with Gasteiger partial charge in [0.15, 0.2) is 0 Å². The number of aliphatic hydroxyl groups is 1. The van der Waals surface area contributed by atoms with E-state index >= 15 is 0 Å². The summed E-state index contributed by atoms with van der Waals surface area (Å²) in [5, 5.41) is 8.35. The highest BCUT2D eigenvalue weighted by Gasteiger charge is 2.68. The predicted molar refractivity (Wildman–Crippen MR) is 31.9 cm³/mol. The molecule has 0 unspecified atom stereocenters. The topological polar surface area (TPSA) is 20.2 Å². The van der Waals surface area contributed by atoms with Gasteiger partial charge in [-0.3, -0.25) is 0 Å². The molecule has 0 aromatic rings. The highest BCUT2D eigenvalue weighted by Crippen LogP contribution is 2.43. The molecular formula is C6H6F6O. The number of halogens is 6. The first-order chi connectivity index (χ1) is 5.56. The molecule has 0 atom stereocenters. The van der Waals surface area contributed by atoms with Gasteiger partial charge in [0, 0.05) is 0 Å². The lowest BCUT2D eigenvalue weighted by Gasteiger charge is -2.29. The summed E-state index contributed by atoms with van der Waals surface area (Å²) in [5.41, 5.74) is -4.76. The summed E-state index contributed by atoms with van der Waals surface area (Å²) in [7, 11) is 0. The summed E-state index contributed by atoms with van der Waals surface area (Å²) >= 11 is 0. The van der Waals surface area contributed by atoms with Crippen molar-refractivity contribution in [3.63, 3.8) is 0 Å². The largest absolute Gasteiger partial charge is 0.429 e. The van der Waals surface area contributed by atoms with E-state index in [2.05, 4.69) is 0 Å². The standard InChI is InChI=1S/C6H6F6O/c1-2-3-4(13,5(7,8)9)6(10,11)12/h2-3,13H,1H3/b3-2+. The van der Waals surface area contributed by atoms with Gasteiger partial charge in [0.1, 0.15) is 0 Å². The summed E-state index contributed by atoms with van der Waals surface area (Å²) < 4.78 is 70.6. The van der Waals surface area contributed by atoms with Crippen LogP contribution in [0.25, 0.3) is 0 Å². The fourth-order valence-corrected chi connectivity index (χ4v) is 0.591. The lowest BCUT2D eigenvalue weighted by atomic mass is 10.0. The minimum atomic E-state index is -5.77. The smallest absolute Gasteiger partial charge is 0.370 e. The van der Waals surface area contributed by atoms with Crippen LogP contribution in [0, 0.1) is 0 Å². The quantitative estimate of drug-likeness (QED) is 0.518. The van der Waals surface area contributed by atoms with Gasteiger partial charge in [0.2, 0.25) is 0 Å². The van der Waals surface area contributed by atoms with E-state index in [9.17, 15) is 26.3 Å². The van der Waals surface area contributed by atoms with Crippen LogP contribution in [0.3, 0.4) is 0 Å². The maximum Gasteiger partial charge on any atom is 0.429 e. The van der Waals surface area contributed by atoms with Crippen molar-refractivity contribution in [3.05, 3.63) is 12.2 Å². The van der Waals surface area contributed by atoms with Gasteiger partial charge >= 0.3 is 12.4 Å². The Labute approximate surface area is 69.7 Å². The summed E-state index contributed by atoms with van der Waals surface area (Å²) in [4.78, 5) is 0. The number of hydrogen-bond donors (Lipinski definition) is 1. The lowest BCUT2D eigenvalue weighted by molar-refractivity contribution is -0.347. The number of hydrogen-bond acceptors (Lipinski definition) is 1. The molecule has 1 nitrogen and oxygen atoms in total. The molecule has 0 fully saturated rings. The maximum atomic E-state index is 11.8. The van der Waals surface area contributed by atoms with Gasteiger partial charge in [-0.25, -0.2) is 0 Å². The molecule has 0 aromatic heterocycles. The first-order valence-electron chi connectivity index (χ1n) is 3.06. The molecule has 78 valence electrons. The average molecular weight is 208 g/mol. The Balaban J connectivity index is 5.21. The summed E-state index contributed by atoms with van der Waals surface area (Å²) in [6, 6.07) is 0. The minimum Gasteiger partial charge on any atom is -0.370 e. The fourth-order valence-electron chi connectivity index (χ4n) is 0.591. The second kappa shape index (κ2) is 3.21. The zero-order chi connectivity index (χ0) is 10.9. The van der Waals surface area contributed by atoms with Crippen LogP contribution in [0.5, 0.6) is 0 Å². The summed E-state index contributed by atoms with van der Waals surface area (Å²) in [6.07, 6.45) is -11.4. The monoisotopic (exact) mass is 208 g/mol. The molecule has 0 aromatic carbocycles. The van der Waals surface area contributed by atoms with Crippen molar-refractivity contribution in [2.24, 2.45) is 0 Å². The van der Waals surface area contributed by atoms with Crippen molar-refractivity contribution in [1.29, 1.82) is 0 Å². The summed E-state index contributed by atoms with van der Waals surface area (Å²) in [5.74, 6) is 0. The van der Waals surface area contributed by atoms with Crippen molar-refractivity contribution in [2.45, 2.75) is 24.9 Å². The normalized spacial score (nSPS) is 15.4. The maximum absolute atomic E-state index is 11.8. The van der Waals surface area contributed by atoms with E-state index in [1.165, 1.54) is 0 Å². The van der Waals surface area contributed by atoms with Gasteiger partial charge in [0.05, 0.1) is 0 Å². The highest BCUT2D eigenvalue weighted by molar-refractivity contribution is 5.09. The second-order valence-electron chi connectivity index (χ2n) is 2.26. The van der Waals surface area contributed by atoms with Crippen molar-refractivity contribution in [3.8, 4) is 0 Å². The van der Waals surface area contributed by atoms with E-state index in [1.807, 2.05) is 0 Å². The molecular weight excluding hydrogens is 202 g/mol. The molecule has 0 radical (unpaired) electrons. The van der Waals surface area contributed by atoms with Gasteiger partial charge in [-0.1, -0.05) is 6.08 Å². The second-order valence-corrected chi connectivity index (χ2v) is 2.26. The van der Waals surface area contributed by atoms with Crippen LogP contribution >= 0.6 is 0 Å². The van der Waals surface area contributed by atoms with Crippen molar-refractivity contribution < 1.29 is 31.4 Å². The molecule has 0 bridgehead atoms. The van der Waals surface area contributed by atoms with E-state index in [0.29, 0.717) is 6.08 Å². The van der Waals surface area contributed by atoms with Crippen molar-refractivity contribution >= 4 is 0 Å². The lowest BCUT2D eigenvalue weighted by Crippen LogP contribution is -2.55. The molecule has 0 aliphatic rings. The third kappa shape index (κ3) is 2.15. The molecule has 0 spiro atoms. The predicted octanol–water partition coefficient (Wildman–Crippen LogP) is 2.42. The third-order valence-corrected chi connectivity index (χ3v) is 1.27. The van der Waals surface area contributed by atoms with E-state index in [0.717, 1.165) is 6.92 Å². The van der Waals surface area contributed by atoms with Gasteiger partial charge < -0.3 is 5.11 Å². The number of allylic oxidation sites excluding steroid dienone is 1. The van der Waals surface area contributed by atoms with Crippen LogP contribution in [0.15, 0.2) is 12.2 Å². The van der Waals surface area contributed by atoms with Crippen molar-refractivity contribution in [1.82, 2.24) is 0 Å². The Bertz CT molecular complexity index is 186. The SMILES string of the molecule is C/C=C/C(O)(C(F)(F)F)C(F)(F)F. The molecule has 0 aliphatic heterocycles. The first-order valence-corrected chi connectivity index (χ1v) is 3.06. The minimum absolute atomic E-state index is 0.340. The Kier molecular flexibility index (Phi) is 3.03. The van der Waals surface area contributed by atoms with Crippen molar-refractivity contribution in [2.75, 3.05) is 0 Å². The van der Waals surface area contributed by atoms with Gasteiger partial charge in [0.25, 0.3) is 5.60 Å². The van der Waals surface area contributed by atoms with Crippen LogP contribution in [0.2, 0.25) is 0 Å².